The molecule has 0 aliphatic heterocycles. The molecular weight excluding hydrogens is 394 g/mol. The van der Waals surface area contributed by atoms with Crippen molar-refractivity contribution in [3.05, 3.63) is 89.1 Å². The lowest BCUT2D eigenvalue weighted by Gasteiger charge is -2.06. The van der Waals surface area contributed by atoms with Crippen molar-refractivity contribution in [1.29, 1.82) is 0 Å². The molecule has 0 amide bonds. The molecular formula is C22H16F2N2O2S. The Bertz CT molecular complexity index is 1340. The molecule has 4 aromatic rings. The van der Waals surface area contributed by atoms with E-state index in [-0.39, 0.29) is 4.90 Å². The number of nitrogens with one attached hydrogen (secondary N) is 1. The van der Waals surface area contributed by atoms with Gasteiger partial charge in [-0.05, 0) is 54.5 Å². The quantitative estimate of drug-likeness (QED) is 0.506. The van der Waals surface area contributed by atoms with Crippen LogP contribution >= 0.6 is 0 Å². The van der Waals surface area contributed by atoms with Crippen LogP contribution in [0.15, 0.2) is 70.5 Å². The summed E-state index contributed by atoms with van der Waals surface area (Å²) in [6.45, 7) is 1.99. The van der Waals surface area contributed by atoms with Crippen molar-refractivity contribution < 1.29 is 17.2 Å². The number of aryl methyl sites for hydroxylation is 1. The van der Waals surface area contributed by atoms with E-state index in [1.54, 1.807) is 6.07 Å². The highest BCUT2D eigenvalue weighted by molar-refractivity contribution is 7.91. The first-order valence-corrected chi connectivity index (χ1v) is 10.3. The van der Waals surface area contributed by atoms with E-state index in [9.17, 15) is 17.2 Å². The number of halogens is 2. The van der Waals surface area contributed by atoms with E-state index in [1.807, 2.05) is 43.3 Å². The Hall–Kier alpha value is -3.32. The van der Waals surface area contributed by atoms with Crippen molar-refractivity contribution in [3.63, 3.8) is 0 Å². The molecule has 4 nitrogen and oxygen atoms in total. The van der Waals surface area contributed by atoms with Crippen LogP contribution < -0.4 is 0 Å². The summed E-state index contributed by atoms with van der Waals surface area (Å²) in [6.07, 6.45) is 3.72. The second-order valence-corrected chi connectivity index (χ2v) is 8.56. The number of hydrogen-bond acceptors (Lipinski definition) is 3. The maximum Gasteiger partial charge on any atom is 0.206 e. The molecule has 4 rings (SSSR count). The largest absolute Gasteiger partial charge is 0.277 e. The van der Waals surface area contributed by atoms with E-state index in [1.165, 1.54) is 12.1 Å². The molecule has 0 aliphatic rings. The summed E-state index contributed by atoms with van der Waals surface area (Å²) in [7, 11) is -4.09. The highest BCUT2D eigenvalue weighted by atomic mass is 32.2. The minimum atomic E-state index is -4.09. The van der Waals surface area contributed by atoms with Crippen molar-refractivity contribution >= 4 is 32.9 Å². The third-order valence-electron chi connectivity index (χ3n) is 4.63. The maximum absolute atomic E-state index is 13.5. The predicted octanol–water partition coefficient (Wildman–Crippen LogP) is 5.15. The molecule has 29 heavy (non-hydrogen) atoms. The van der Waals surface area contributed by atoms with Crippen LogP contribution in [0.25, 0.3) is 23.1 Å². The average Bonchev–Trinajstić information content (AvgIpc) is 3.09. The first-order valence-electron chi connectivity index (χ1n) is 8.77. The van der Waals surface area contributed by atoms with Crippen LogP contribution in [0.2, 0.25) is 0 Å². The van der Waals surface area contributed by atoms with Gasteiger partial charge in [0, 0.05) is 11.5 Å². The maximum atomic E-state index is 13.5. The monoisotopic (exact) mass is 410 g/mol. The SMILES string of the molecule is Cc1ccccc1/C=C/c1[nH]nc2ccc(S(=O)(=O)c3cc(F)cc(F)c3)cc12. The molecule has 0 radical (unpaired) electrons. The van der Waals surface area contributed by atoms with Gasteiger partial charge in [0.05, 0.1) is 21.0 Å². The third kappa shape index (κ3) is 3.69. The zero-order valence-corrected chi connectivity index (χ0v) is 16.2. The molecule has 7 heteroatoms. The molecule has 0 spiro atoms. The molecule has 1 N–H and O–H groups in total. The first kappa shape index (κ1) is 19.0. The molecule has 146 valence electrons. The summed E-state index contributed by atoms with van der Waals surface area (Å²) in [5.41, 5.74) is 3.34. The van der Waals surface area contributed by atoms with Gasteiger partial charge in [0.25, 0.3) is 0 Å². The van der Waals surface area contributed by atoms with Gasteiger partial charge in [0.2, 0.25) is 9.84 Å². The first-order chi connectivity index (χ1) is 13.8. The minimum Gasteiger partial charge on any atom is -0.277 e. The lowest BCUT2D eigenvalue weighted by molar-refractivity contribution is 0.567. The van der Waals surface area contributed by atoms with Crippen molar-refractivity contribution in [1.82, 2.24) is 10.2 Å². The summed E-state index contributed by atoms with van der Waals surface area (Å²) < 4.78 is 52.7. The van der Waals surface area contributed by atoms with Gasteiger partial charge in [-0.2, -0.15) is 5.10 Å². The standard InChI is InChI=1S/C22H16F2N2O2S/c1-14-4-2-3-5-15(14)6-8-21-20-13-18(7-9-22(20)26-25-21)29(27,28)19-11-16(23)10-17(24)12-19/h2-13H,1H3,(H,25,26)/b8-6+. The number of aromatic amines is 1. The Labute approximate surface area is 166 Å². The molecule has 0 saturated carbocycles. The van der Waals surface area contributed by atoms with Crippen molar-refractivity contribution in [2.45, 2.75) is 16.7 Å². The zero-order valence-electron chi connectivity index (χ0n) is 15.4. The molecule has 0 saturated heterocycles. The van der Waals surface area contributed by atoms with E-state index in [0.717, 1.165) is 23.3 Å². The minimum absolute atomic E-state index is 0.0676. The number of benzene rings is 3. The lowest BCUT2D eigenvalue weighted by Crippen LogP contribution is -2.03. The fraction of sp³-hybridized carbons (Fsp3) is 0.0455. The summed E-state index contributed by atoms with van der Waals surface area (Å²) in [5.74, 6) is -1.90. The van der Waals surface area contributed by atoms with Crippen LogP contribution in [0.1, 0.15) is 16.8 Å². The Kier molecular flexibility index (Phi) is 4.76. The number of sulfone groups is 1. The second-order valence-electron chi connectivity index (χ2n) is 6.61. The number of hydrogen-bond donors (Lipinski definition) is 1. The molecule has 3 aromatic carbocycles. The van der Waals surface area contributed by atoms with E-state index < -0.39 is 26.4 Å². The Morgan fingerprint density at radius 1 is 0.897 bits per heavy atom. The average molecular weight is 410 g/mol. The van der Waals surface area contributed by atoms with Crippen LogP contribution in [0.3, 0.4) is 0 Å². The van der Waals surface area contributed by atoms with E-state index >= 15 is 0 Å². The number of aromatic nitrogens is 2. The van der Waals surface area contributed by atoms with Gasteiger partial charge in [-0.3, -0.25) is 5.10 Å². The van der Waals surface area contributed by atoms with Gasteiger partial charge < -0.3 is 0 Å². The summed E-state index contributed by atoms with van der Waals surface area (Å²) in [6, 6.07) is 14.5. The zero-order chi connectivity index (χ0) is 20.6. The van der Waals surface area contributed by atoms with Crippen molar-refractivity contribution in [2.75, 3.05) is 0 Å². The van der Waals surface area contributed by atoms with Crippen molar-refractivity contribution in [3.8, 4) is 0 Å². The number of fused-ring (bicyclic) bond motifs is 1. The van der Waals surface area contributed by atoms with Gasteiger partial charge >= 0.3 is 0 Å². The smallest absolute Gasteiger partial charge is 0.206 e. The molecule has 0 unspecified atom stereocenters. The fourth-order valence-electron chi connectivity index (χ4n) is 3.07. The second kappa shape index (κ2) is 7.25. The number of rotatable bonds is 4. The Morgan fingerprint density at radius 3 is 2.34 bits per heavy atom. The van der Waals surface area contributed by atoms with Gasteiger partial charge in [0.1, 0.15) is 11.6 Å². The van der Waals surface area contributed by atoms with Gasteiger partial charge in [0.15, 0.2) is 0 Å². The predicted molar refractivity (Wildman–Crippen MR) is 108 cm³/mol. The number of nitrogens with zero attached hydrogens (tertiary/aromatic N) is 1. The Balaban J connectivity index is 1.78. The van der Waals surface area contributed by atoms with E-state index in [4.69, 9.17) is 0 Å². The molecule has 0 bridgehead atoms. The summed E-state index contributed by atoms with van der Waals surface area (Å²) in [4.78, 5) is -0.503. The van der Waals surface area contributed by atoms with Crippen molar-refractivity contribution in [2.24, 2.45) is 0 Å². The van der Waals surface area contributed by atoms with E-state index in [0.29, 0.717) is 22.7 Å². The molecule has 0 fully saturated rings. The third-order valence-corrected chi connectivity index (χ3v) is 6.36. The fourth-order valence-corrected chi connectivity index (χ4v) is 4.40. The van der Waals surface area contributed by atoms with Crippen LogP contribution in [0, 0.1) is 18.6 Å². The van der Waals surface area contributed by atoms with Crippen LogP contribution in [0.4, 0.5) is 8.78 Å². The van der Waals surface area contributed by atoms with Gasteiger partial charge in [-0.15, -0.1) is 0 Å². The Morgan fingerprint density at radius 2 is 1.62 bits per heavy atom. The molecule has 0 aliphatic carbocycles. The molecule has 1 heterocycles. The van der Waals surface area contributed by atoms with Crippen LogP contribution in [0.5, 0.6) is 0 Å². The van der Waals surface area contributed by atoms with Gasteiger partial charge in [-0.1, -0.05) is 30.3 Å². The highest BCUT2D eigenvalue weighted by Gasteiger charge is 2.21. The summed E-state index contributed by atoms with van der Waals surface area (Å²) in [5, 5.41) is 7.67. The van der Waals surface area contributed by atoms with Crippen LogP contribution in [-0.4, -0.2) is 18.6 Å². The van der Waals surface area contributed by atoms with E-state index in [2.05, 4.69) is 10.2 Å². The topological polar surface area (TPSA) is 62.8 Å². The molecule has 1 aromatic heterocycles. The van der Waals surface area contributed by atoms with Crippen LogP contribution in [-0.2, 0) is 9.84 Å². The van der Waals surface area contributed by atoms with Gasteiger partial charge in [-0.25, -0.2) is 17.2 Å². The molecule has 0 atom stereocenters. The lowest BCUT2D eigenvalue weighted by atomic mass is 10.1. The normalized spacial score (nSPS) is 12.1. The summed E-state index contributed by atoms with van der Waals surface area (Å²) >= 11 is 0. The number of H-pyrrole nitrogens is 1. The highest BCUT2D eigenvalue weighted by Crippen LogP contribution is 2.27.